The van der Waals surface area contributed by atoms with Crippen molar-refractivity contribution in [2.75, 3.05) is 32.1 Å². The number of carbonyl (C=O) groups is 2. The Morgan fingerprint density at radius 2 is 2.00 bits per heavy atom. The van der Waals surface area contributed by atoms with Gasteiger partial charge in [-0.15, -0.1) is 12.4 Å². The fourth-order valence-electron chi connectivity index (χ4n) is 1.48. The van der Waals surface area contributed by atoms with Crippen LogP contribution in [0.25, 0.3) is 0 Å². The maximum atomic E-state index is 11.9. The summed E-state index contributed by atoms with van der Waals surface area (Å²) in [6, 6.07) is 6.83. The van der Waals surface area contributed by atoms with E-state index in [4.69, 9.17) is 10.5 Å². The highest BCUT2D eigenvalue weighted by Gasteiger charge is 2.12. The van der Waals surface area contributed by atoms with Crippen LogP contribution in [0.3, 0.4) is 0 Å². The molecule has 20 heavy (non-hydrogen) atoms. The second-order valence-electron chi connectivity index (χ2n) is 3.88. The first-order valence-electron chi connectivity index (χ1n) is 6.05. The fourth-order valence-corrected chi connectivity index (χ4v) is 1.48. The van der Waals surface area contributed by atoms with Crippen molar-refractivity contribution in [3.05, 3.63) is 29.8 Å². The normalized spacial score (nSPS) is 9.50. The van der Waals surface area contributed by atoms with Gasteiger partial charge in [-0.3, -0.25) is 9.59 Å². The molecule has 112 valence electrons. The molecule has 0 saturated heterocycles. The largest absolute Gasteiger partial charge is 0.384 e. The van der Waals surface area contributed by atoms with Crippen molar-refractivity contribution in [2.45, 2.75) is 6.42 Å². The average Bonchev–Trinajstić information content (AvgIpc) is 2.43. The topological polar surface area (TPSA) is 93.4 Å². The molecule has 0 radical (unpaired) electrons. The van der Waals surface area contributed by atoms with Crippen molar-refractivity contribution in [1.29, 1.82) is 0 Å². The predicted molar refractivity (Wildman–Crippen MR) is 80.2 cm³/mol. The predicted octanol–water partition coefficient (Wildman–Crippen LogP) is 0.772. The molecule has 6 nitrogen and oxygen atoms in total. The minimum absolute atomic E-state index is 0. The summed E-state index contributed by atoms with van der Waals surface area (Å²) >= 11 is 0. The van der Waals surface area contributed by atoms with E-state index in [9.17, 15) is 9.59 Å². The van der Waals surface area contributed by atoms with E-state index < -0.39 is 0 Å². The third-order valence-corrected chi connectivity index (χ3v) is 2.41. The fraction of sp³-hybridized carbons (Fsp3) is 0.385. The molecule has 7 heteroatoms. The molecule has 0 aromatic heterocycles. The second kappa shape index (κ2) is 10.2. The third kappa shape index (κ3) is 6.01. The molecular weight excluding hydrogens is 282 g/mol. The van der Waals surface area contributed by atoms with Crippen LogP contribution in [-0.2, 0) is 9.53 Å². The average molecular weight is 302 g/mol. The van der Waals surface area contributed by atoms with E-state index in [1.165, 1.54) is 7.11 Å². The molecule has 0 aliphatic rings. The number of para-hydroxylation sites is 1. The number of rotatable bonds is 7. The Labute approximate surface area is 124 Å². The minimum atomic E-state index is -0.256. The first-order chi connectivity index (χ1) is 9.19. The van der Waals surface area contributed by atoms with Crippen molar-refractivity contribution in [2.24, 2.45) is 5.73 Å². The molecular formula is C13H20ClN3O3. The molecule has 0 aliphatic heterocycles. The summed E-state index contributed by atoms with van der Waals surface area (Å²) in [5, 5.41) is 5.36. The van der Waals surface area contributed by atoms with Crippen LogP contribution in [0, 0.1) is 0 Å². The monoisotopic (exact) mass is 301 g/mol. The summed E-state index contributed by atoms with van der Waals surface area (Å²) in [7, 11) is 1.53. The highest BCUT2D eigenvalue weighted by Crippen LogP contribution is 2.15. The number of halogens is 1. The van der Waals surface area contributed by atoms with Crippen molar-refractivity contribution in [1.82, 2.24) is 5.32 Å². The molecule has 1 aromatic carbocycles. The SMILES string of the molecule is COCCC(=O)Nc1ccccc1C(=O)NCCN.Cl. The number of ether oxygens (including phenoxy) is 1. The maximum absolute atomic E-state index is 11.9. The molecule has 0 saturated carbocycles. The molecule has 2 amide bonds. The summed E-state index contributed by atoms with van der Waals surface area (Å²) in [6.45, 7) is 1.10. The molecule has 0 atom stereocenters. The first-order valence-corrected chi connectivity index (χ1v) is 6.05. The number of benzene rings is 1. The molecule has 0 heterocycles. The Morgan fingerprint density at radius 3 is 2.65 bits per heavy atom. The van der Waals surface area contributed by atoms with Crippen LogP contribution in [0.5, 0.6) is 0 Å². The molecule has 4 N–H and O–H groups in total. The van der Waals surface area contributed by atoms with Crippen LogP contribution in [0.4, 0.5) is 5.69 Å². The standard InChI is InChI=1S/C13H19N3O3.ClH/c1-19-9-6-12(17)16-11-5-3-2-4-10(11)13(18)15-8-7-14;/h2-5H,6-9,14H2,1H3,(H,15,18)(H,16,17);1H. The molecule has 0 spiro atoms. The lowest BCUT2D eigenvalue weighted by Gasteiger charge is -2.10. The number of hydrogen-bond donors (Lipinski definition) is 3. The van der Waals surface area contributed by atoms with Crippen molar-refractivity contribution < 1.29 is 14.3 Å². The number of anilines is 1. The summed E-state index contributed by atoms with van der Waals surface area (Å²) in [5.74, 6) is -0.450. The Morgan fingerprint density at radius 1 is 1.30 bits per heavy atom. The number of hydrogen-bond acceptors (Lipinski definition) is 4. The van der Waals surface area contributed by atoms with Gasteiger partial charge in [0.15, 0.2) is 0 Å². The Bertz CT molecular complexity index is 441. The highest BCUT2D eigenvalue weighted by molar-refractivity contribution is 6.03. The van der Waals surface area contributed by atoms with Crippen LogP contribution in [-0.4, -0.2) is 38.6 Å². The zero-order valence-corrected chi connectivity index (χ0v) is 12.2. The molecule has 0 bridgehead atoms. The summed E-state index contributed by atoms with van der Waals surface area (Å²) in [4.78, 5) is 23.5. The van der Waals surface area contributed by atoms with Crippen LogP contribution in [0.2, 0.25) is 0 Å². The van der Waals surface area contributed by atoms with Gasteiger partial charge in [0.1, 0.15) is 0 Å². The zero-order chi connectivity index (χ0) is 14.1. The Hall–Kier alpha value is -1.63. The van der Waals surface area contributed by atoms with E-state index >= 15 is 0 Å². The van der Waals surface area contributed by atoms with E-state index in [0.29, 0.717) is 30.9 Å². The molecule has 0 fully saturated rings. The van der Waals surface area contributed by atoms with Gasteiger partial charge in [-0.1, -0.05) is 12.1 Å². The van der Waals surface area contributed by atoms with Crippen LogP contribution in [0.1, 0.15) is 16.8 Å². The lowest BCUT2D eigenvalue weighted by Crippen LogP contribution is -2.30. The van der Waals surface area contributed by atoms with Crippen LogP contribution >= 0.6 is 12.4 Å². The highest BCUT2D eigenvalue weighted by atomic mass is 35.5. The van der Waals surface area contributed by atoms with Gasteiger partial charge in [-0.2, -0.15) is 0 Å². The molecule has 0 unspecified atom stereocenters. The molecule has 0 aliphatic carbocycles. The minimum Gasteiger partial charge on any atom is -0.384 e. The zero-order valence-electron chi connectivity index (χ0n) is 11.3. The smallest absolute Gasteiger partial charge is 0.253 e. The van der Waals surface area contributed by atoms with Crippen molar-refractivity contribution in [3.8, 4) is 0 Å². The van der Waals surface area contributed by atoms with E-state index in [0.717, 1.165) is 0 Å². The van der Waals surface area contributed by atoms with Gasteiger partial charge >= 0.3 is 0 Å². The quantitative estimate of drug-likeness (QED) is 0.693. The molecule has 1 aromatic rings. The van der Waals surface area contributed by atoms with Gasteiger partial charge in [-0.25, -0.2) is 0 Å². The van der Waals surface area contributed by atoms with Crippen LogP contribution in [0.15, 0.2) is 24.3 Å². The lowest BCUT2D eigenvalue weighted by molar-refractivity contribution is -0.117. The number of methoxy groups -OCH3 is 1. The molecule has 1 rings (SSSR count). The van der Waals surface area contributed by atoms with E-state index in [1.54, 1.807) is 24.3 Å². The van der Waals surface area contributed by atoms with Crippen LogP contribution < -0.4 is 16.4 Å². The lowest BCUT2D eigenvalue weighted by atomic mass is 10.1. The number of nitrogens with two attached hydrogens (primary N) is 1. The number of amides is 2. The van der Waals surface area contributed by atoms with Crippen molar-refractivity contribution in [3.63, 3.8) is 0 Å². The Balaban J connectivity index is 0.00000361. The van der Waals surface area contributed by atoms with Gasteiger partial charge < -0.3 is 21.1 Å². The number of carbonyl (C=O) groups excluding carboxylic acids is 2. The van der Waals surface area contributed by atoms with E-state index in [-0.39, 0.29) is 30.6 Å². The van der Waals surface area contributed by atoms with Gasteiger partial charge in [-0.05, 0) is 12.1 Å². The first kappa shape index (κ1) is 18.4. The summed E-state index contributed by atoms with van der Waals surface area (Å²) < 4.78 is 4.83. The maximum Gasteiger partial charge on any atom is 0.253 e. The number of nitrogens with one attached hydrogen (secondary N) is 2. The van der Waals surface area contributed by atoms with E-state index in [2.05, 4.69) is 10.6 Å². The Kier molecular flexibility index (Phi) is 9.36. The summed E-state index contributed by atoms with van der Waals surface area (Å²) in [5.41, 5.74) is 6.23. The van der Waals surface area contributed by atoms with Gasteiger partial charge in [0.25, 0.3) is 5.91 Å². The second-order valence-corrected chi connectivity index (χ2v) is 3.88. The third-order valence-electron chi connectivity index (χ3n) is 2.41. The summed E-state index contributed by atoms with van der Waals surface area (Å²) in [6.07, 6.45) is 0.245. The van der Waals surface area contributed by atoms with E-state index in [1.807, 2.05) is 0 Å². The van der Waals surface area contributed by atoms with Crippen molar-refractivity contribution >= 4 is 29.9 Å². The van der Waals surface area contributed by atoms with Gasteiger partial charge in [0, 0.05) is 20.2 Å². The van der Waals surface area contributed by atoms with Gasteiger partial charge in [0.2, 0.25) is 5.91 Å². The van der Waals surface area contributed by atoms with Gasteiger partial charge in [0.05, 0.1) is 24.3 Å².